The molecule has 0 saturated heterocycles. The highest BCUT2D eigenvalue weighted by atomic mass is 32.2. The maximum Gasteiger partial charge on any atom is 0.255 e. The molecule has 0 aliphatic carbocycles. The van der Waals surface area contributed by atoms with E-state index in [9.17, 15) is 9.18 Å². The summed E-state index contributed by atoms with van der Waals surface area (Å²) in [5.41, 5.74) is 2.64. The Kier molecular flexibility index (Phi) is 5.50. The molecule has 0 atom stereocenters. The number of aromatic nitrogens is 1. The number of hydrogen-bond acceptors (Lipinski definition) is 4. The lowest BCUT2D eigenvalue weighted by molar-refractivity contribution is 0.102. The fourth-order valence-electron chi connectivity index (χ4n) is 2.26. The number of rotatable bonds is 5. The lowest BCUT2D eigenvalue weighted by Crippen LogP contribution is -2.13. The number of carbonyl (C=O) groups is 1. The lowest BCUT2D eigenvalue weighted by Gasteiger charge is -2.08. The van der Waals surface area contributed by atoms with Crippen molar-refractivity contribution in [2.45, 2.75) is 24.5 Å². The van der Waals surface area contributed by atoms with Crippen molar-refractivity contribution in [1.82, 2.24) is 4.98 Å². The molecule has 0 saturated carbocycles. The van der Waals surface area contributed by atoms with E-state index in [-0.39, 0.29) is 11.6 Å². The van der Waals surface area contributed by atoms with Crippen LogP contribution in [0.25, 0.3) is 0 Å². The summed E-state index contributed by atoms with van der Waals surface area (Å²) in [4.78, 5) is 17.8. The molecule has 0 radical (unpaired) electrons. The first-order chi connectivity index (χ1) is 12.0. The van der Waals surface area contributed by atoms with Gasteiger partial charge in [0.15, 0.2) is 0 Å². The number of carbonyl (C=O) groups excluding carboxylic acids is 1. The van der Waals surface area contributed by atoms with Gasteiger partial charge < -0.3 is 5.32 Å². The zero-order valence-corrected chi connectivity index (χ0v) is 15.5. The first kappa shape index (κ1) is 17.6. The molecule has 1 amide bonds. The van der Waals surface area contributed by atoms with Gasteiger partial charge in [-0.25, -0.2) is 9.37 Å². The topological polar surface area (TPSA) is 42.0 Å². The zero-order valence-electron chi connectivity index (χ0n) is 13.9. The maximum absolute atomic E-state index is 13.7. The van der Waals surface area contributed by atoms with Gasteiger partial charge in [-0.1, -0.05) is 6.07 Å². The third kappa shape index (κ3) is 4.67. The fraction of sp³-hybridized carbons (Fsp3) is 0.158. The van der Waals surface area contributed by atoms with Crippen LogP contribution < -0.4 is 5.32 Å². The first-order valence-corrected chi connectivity index (χ1v) is 9.59. The van der Waals surface area contributed by atoms with E-state index in [1.54, 1.807) is 47.4 Å². The van der Waals surface area contributed by atoms with Crippen LogP contribution in [0.3, 0.4) is 0 Å². The van der Waals surface area contributed by atoms with Crippen LogP contribution in [0.15, 0.2) is 52.7 Å². The van der Waals surface area contributed by atoms with Crippen molar-refractivity contribution in [1.29, 1.82) is 0 Å². The summed E-state index contributed by atoms with van der Waals surface area (Å²) in [6.45, 7) is 3.84. The van der Waals surface area contributed by atoms with Gasteiger partial charge in [0.05, 0.1) is 16.4 Å². The first-order valence-electron chi connectivity index (χ1n) is 7.72. The van der Waals surface area contributed by atoms with Crippen LogP contribution in [0, 0.1) is 19.7 Å². The van der Waals surface area contributed by atoms with Crippen LogP contribution in [0.4, 0.5) is 10.1 Å². The number of benzene rings is 2. The quantitative estimate of drug-likeness (QED) is 0.606. The van der Waals surface area contributed by atoms with Gasteiger partial charge in [0.25, 0.3) is 5.91 Å². The number of thiazole rings is 1. The molecular weight excluding hydrogens is 355 g/mol. The number of amides is 1. The van der Waals surface area contributed by atoms with Gasteiger partial charge in [0, 0.05) is 21.6 Å². The van der Waals surface area contributed by atoms with Crippen molar-refractivity contribution in [3.8, 4) is 0 Å². The van der Waals surface area contributed by atoms with Crippen LogP contribution >= 0.6 is 23.1 Å². The molecule has 3 rings (SSSR count). The monoisotopic (exact) mass is 372 g/mol. The van der Waals surface area contributed by atoms with Crippen molar-refractivity contribution < 1.29 is 9.18 Å². The van der Waals surface area contributed by atoms with Gasteiger partial charge in [0.1, 0.15) is 5.82 Å². The molecular formula is C19H17FN2OS2. The zero-order chi connectivity index (χ0) is 17.8. The van der Waals surface area contributed by atoms with Gasteiger partial charge in [-0.3, -0.25) is 4.79 Å². The van der Waals surface area contributed by atoms with E-state index in [1.807, 2.05) is 26.0 Å². The second kappa shape index (κ2) is 7.80. The van der Waals surface area contributed by atoms with Crippen LogP contribution in [0.5, 0.6) is 0 Å². The molecule has 2 aromatic carbocycles. The average Bonchev–Trinajstić information content (AvgIpc) is 3.02. The van der Waals surface area contributed by atoms with Crippen molar-refractivity contribution in [3.05, 3.63) is 75.5 Å². The number of thioether (sulfide) groups is 1. The molecule has 1 aromatic heterocycles. The molecule has 3 aromatic rings. The average molecular weight is 372 g/mol. The molecule has 0 aliphatic rings. The Bertz CT molecular complexity index is 891. The third-order valence-corrected chi connectivity index (χ3v) is 5.41. The largest absolute Gasteiger partial charge is 0.319 e. The minimum atomic E-state index is -0.440. The molecule has 128 valence electrons. The van der Waals surface area contributed by atoms with Crippen molar-refractivity contribution in [3.63, 3.8) is 0 Å². The number of hydrogen-bond donors (Lipinski definition) is 1. The Morgan fingerprint density at radius 1 is 1.20 bits per heavy atom. The smallest absolute Gasteiger partial charge is 0.255 e. The summed E-state index contributed by atoms with van der Waals surface area (Å²) in [5, 5.41) is 5.74. The number of anilines is 1. The lowest BCUT2D eigenvalue weighted by atomic mass is 10.2. The molecule has 1 heterocycles. The third-order valence-electron chi connectivity index (χ3n) is 3.54. The molecule has 25 heavy (non-hydrogen) atoms. The predicted octanol–water partition coefficient (Wildman–Crippen LogP) is 5.44. The van der Waals surface area contributed by atoms with Crippen LogP contribution in [-0.2, 0) is 5.75 Å². The van der Waals surface area contributed by atoms with Crippen LogP contribution in [0.1, 0.15) is 26.6 Å². The van der Waals surface area contributed by atoms with E-state index >= 15 is 0 Å². The van der Waals surface area contributed by atoms with Crippen LogP contribution in [0.2, 0.25) is 0 Å². The Hall–Kier alpha value is -2.18. The highest BCUT2D eigenvalue weighted by Crippen LogP contribution is 2.24. The summed E-state index contributed by atoms with van der Waals surface area (Å²) in [6.07, 6.45) is 0. The normalized spacial score (nSPS) is 10.7. The van der Waals surface area contributed by atoms with Gasteiger partial charge in [-0.15, -0.1) is 23.1 Å². The van der Waals surface area contributed by atoms with E-state index < -0.39 is 5.82 Å². The SMILES string of the molecule is Cc1ccc(F)c(NC(=O)c2ccc(SCc3csc(C)n3)cc2)c1. The summed E-state index contributed by atoms with van der Waals surface area (Å²) < 4.78 is 13.7. The van der Waals surface area contributed by atoms with Gasteiger partial charge in [-0.2, -0.15) is 0 Å². The van der Waals surface area contributed by atoms with Crippen molar-refractivity contribution >= 4 is 34.7 Å². The second-order valence-corrected chi connectivity index (χ2v) is 7.72. The Balaban J connectivity index is 1.63. The second-order valence-electron chi connectivity index (χ2n) is 5.61. The Morgan fingerprint density at radius 2 is 1.96 bits per heavy atom. The van der Waals surface area contributed by atoms with Gasteiger partial charge in [0.2, 0.25) is 0 Å². The molecule has 0 unspecified atom stereocenters. The van der Waals surface area contributed by atoms with Crippen LogP contribution in [-0.4, -0.2) is 10.9 Å². The minimum absolute atomic E-state index is 0.197. The van der Waals surface area contributed by atoms with Crippen molar-refractivity contribution in [2.75, 3.05) is 5.32 Å². The Morgan fingerprint density at radius 3 is 2.64 bits per heavy atom. The fourth-order valence-corrected chi connectivity index (χ4v) is 3.77. The number of nitrogens with zero attached hydrogens (tertiary/aromatic N) is 1. The number of aryl methyl sites for hydroxylation is 2. The molecule has 6 heteroatoms. The number of nitrogens with one attached hydrogen (secondary N) is 1. The number of halogens is 1. The Labute approximate surface area is 154 Å². The van der Waals surface area contributed by atoms with E-state index in [0.717, 1.165) is 26.9 Å². The predicted molar refractivity (Wildman–Crippen MR) is 102 cm³/mol. The summed E-state index contributed by atoms with van der Waals surface area (Å²) in [6, 6.07) is 11.9. The van der Waals surface area contributed by atoms with E-state index in [2.05, 4.69) is 15.7 Å². The molecule has 0 spiro atoms. The highest BCUT2D eigenvalue weighted by Gasteiger charge is 2.10. The molecule has 0 bridgehead atoms. The van der Waals surface area contributed by atoms with E-state index in [4.69, 9.17) is 0 Å². The standard InChI is InChI=1S/C19H17FN2OS2/c1-12-3-8-17(20)18(9-12)22-19(23)14-4-6-16(7-5-14)25-11-15-10-24-13(2)21-15/h3-10H,11H2,1-2H3,(H,22,23). The maximum atomic E-state index is 13.7. The summed E-state index contributed by atoms with van der Waals surface area (Å²) in [5.74, 6) is 0.0329. The van der Waals surface area contributed by atoms with E-state index in [0.29, 0.717) is 5.56 Å². The van der Waals surface area contributed by atoms with Crippen molar-refractivity contribution in [2.24, 2.45) is 0 Å². The molecule has 1 N–H and O–H groups in total. The summed E-state index contributed by atoms with van der Waals surface area (Å²) >= 11 is 3.31. The highest BCUT2D eigenvalue weighted by molar-refractivity contribution is 7.98. The molecule has 3 nitrogen and oxygen atoms in total. The molecule has 0 aliphatic heterocycles. The van der Waals surface area contributed by atoms with Gasteiger partial charge in [-0.05, 0) is 55.8 Å². The minimum Gasteiger partial charge on any atom is -0.319 e. The molecule has 0 fully saturated rings. The van der Waals surface area contributed by atoms with E-state index in [1.165, 1.54) is 6.07 Å². The summed E-state index contributed by atoms with van der Waals surface area (Å²) in [7, 11) is 0. The van der Waals surface area contributed by atoms with Gasteiger partial charge >= 0.3 is 0 Å².